The number of para-hydroxylation sites is 1. The molecule has 0 saturated carbocycles. The highest BCUT2D eigenvalue weighted by molar-refractivity contribution is 5.80. The third-order valence-electron chi connectivity index (χ3n) is 3.58. The van der Waals surface area contributed by atoms with E-state index in [9.17, 15) is 4.79 Å². The van der Waals surface area contributed by atoms with Crippen molar-refractivity contribution in [3.05, 3.63) is 71.3 Å². The summed E-state index contributed by atoms with van der Waals surface area (Å²) in [6.07, 6.45) is 3.59. The summed E-state index contributed by atoms with van der Waals surface area (Å²) >= 11 is 0. The van der Waals surface area contributed by atoms with Gasteiger partial charge in [-0.1, -0.05) is 30.3 Å². The molecule has 0 fully saturated rings. The van der Waals surface area contributed by atoms with Crippen LogP contribution in [-0.2, 0) is 0 Å². The highest BCUT2D eigenvalue weighted by Gasteiger charge is 2.07. The summed E-state index contributed by atoms with van der Waals surface area (Å²) in [5.41, 5.74) is 3.43. The molecule has 0 unspecified atom stereocenters. The van der Waals surface area contributed by atoms with Crippen LogP contribution in [0.5, 0.6) is 0 Å². The molecule has 0 radical (unpaired) electrons. The number of aromatic nitrogens is 4. The highest BCUT2D eigenvalue weighted by atomic mass is 16.1. The third kappa shape index (κ3) is 2.09. The molecule has 5 nitrogen and oxygen atoms in total. The molecule has 0 saturated heterocycles. The van der Waals surface area contributed by atoms with Gasteiger partial charge in [0.05, 0.1) is 17.1 Å². The maximum absolute atomic E-state index is 12.2. The number of hydrogen-bond acceptors (Lipinski definition) is 3. The zero-order valence-electron chi connectivity index (χ0n) is 11.6. The predicted molar refractivity (Wildman–Crippen MR) is 85.4 cm³/mol. The van der Waals surface area contributed by atoms with Gasteiger partial charge in [0.1, 0.15) is 5.82 Å². The first-order chi connectivity index (χ1) is 10.8. The van der Waals surface area contributed by atoms with Crippen molar-refractivity contribution in [1.29, 1.82) is 0 Å². The summed E-state index contributed by atoms with van der Waals surface area (Å²) in [4.78, 5) is 19.6. The van der Waals surface area contributed by atoms with Crippen molar-refractivity contribution < 1.29 is 0 Å². The predicted octanol–water partition coefficient (Wildman–Crippen LogP) is 2.98. The average molecular weight is 288 g/mol. The molecule has 2 aromatic heterocycles. The topological polar surface area (TPSA) is 74.4 Å². The third-order valence-corrected chi connectivity index (χ3v) is 3.58. The van der Waals surface area contributed by atoms with Crippen molar-refractivity contribution >= 4 is 10.9 Å². The first-order valence-corrected chi connectivity index (χ1v) is 6.90. The number of rotatable bonds is 2. The molecule has 0 amide bonds. The smallest absolute Gasteiger partial charge is 0.259 e. The summed E-state index contributed by atoms with van der Waals surface area (Å²) in [7, 11) is 0. The van der Waals surface area contributed by atoms with Crippen molar-refractivity contribution in [2.75, 3.05) is 0 Å². The standard InChI is InChI=1S/C17H12N4O/c22-17-14-6-1-2-7-15(14)20-16(21-17)12-5-3-4-11(8-12)13-9-18-19-10-13/h1-10H,(H,18,19)(H,20,21,22). The minimum absolute atomic E-state index is 0.130. The molecule has 4 rings (SSSR count). The van der Waals surface area contributed by atoms with Crippen molar-refractivity contribution in [3.8, 4) is 22.5 Å². The Morgan fingerprint density at radius 2 is 1.77 bits per heavy atom. The van der Waals surface area contributed by atoms with Crippen LogP contribution in [0.1, 0.15) is 0 Å². The minimum Gasteiger partial charge on any atom is -0.306 e. The SMILES string of the molecule is O=c1[nH]c(-c2cccc(-c3cn[nH]c3)c2)nc2ccccc12. The molecule has 2 heterocycles. The normalized spacial score (nSPS) is 10.9. The van der Waals surface area contributed by atoms with Gasteiger partial charge < -0.3 is 4.98 Å². The zero-order valence-corrected chi connectivity index (χ0v) is 11.6. The molecule has 0 aliphatic heterocycles. The van der Waals surface area contributed by atoms with Crippen LogP contribution in [-0.4, -0.2) is 20.2 Å². The van der Waals surface area contributed by atoms with Gasteiger partial charge in [0.15, 0.2) is 0 Å². The van der Waals surface area contributed by atoms with E-state index in [0.717, 1.165) is 16.7 Å². The summed E-state index contributed by atoms with van der Waals surface area (Å²) in [5.74, 6) is 0.564. The van der Waals surface area contributed by atoms with Gasteiger partial charge in [-0.05, 0) is 23.8 Å². The van der Waals surface area contributed by atoms with E-state index < -0.39 is 0 Å². The maximum Gasteiger partial charge on any atom is 0.259 e. The molecule has 106 valence electrons. The number of benzene rings is 2. The summed E-state index contributed by atoms with van der Waals surface area (Å²) < 4.78 is 0. The number of nitrogens with zero attached hydrogens (tertiary/aromatic N) is 2. The van der Waals surface area contributed by atoms with Crippen LogP contribution in [0.2, 0.25) is 0 Å². The molecule has 4 aromatic rings. The zero-order chi connectivity index (χ0) is 14.9. The largest absolute Gasteiger partial charge is 0.306 e. The van der Waals surface area contributed by atoms with Crippen molar-refractivity contribution in [2.24, 2.45) is 0 Å². The summed E-state index contributed by atoms with van der Waals surface area (Å²) in [6.45, 7) is 0. The lowest BCUT2D eigenvalue weighted by Gasteiger charge is -2.05. The van der Waals surface area contributed by atoms with E-state index in [1.165, 1.54) is 0 Å². The van der Waals surface area contributed by atoms with Gasteiger partial charge in [0.25, 0.3) is 5.56 Å². The van der Waals surface area contributed by atoms with E-state index >= 15 is 0 Å². The van der Waals surface area contributed by atoms with E-state index in [2.05, 4.69) is 20.2 Å². The molecule has 22 heavy (non-hydrogen) atoms. The Balaban J connectivity index is 1.89. The van der Waals surface area contributed by atoms with Gasteiger partial charge in [-0.2, -0.15) is 5.10 Å². The monoisotopic (exact) mass is 288 g/mol. The first-order valence-electron chi connectivity index (χ1n) is 6.90. The van der Waals surface area contributed by atoms with E-state index in [-0.39, 0.29) is 5.56 Å². The number of fused-ring (bicyclic) bond motifs is 1. The van der Waals surface area contributed by atoms with Crippen LogP contribution in [0, 0.1) is 0 Å². The Kier molecular flexibility index (Phi) is 2.83. The van der Waals surface area contributed by atoms with Crippen LogP contribution in [0.15, 0.2) is 65.7 Å². The molecule has 0 aliphatic carbocycles. The first kappa shape index (κ1) is 12.5. The molecule has 2 aromatic carbocycles. The second-order valence-electron chi connectivity index (χ2n) is 5.00. The van der Waals surface area contributed by atoms with Gasteiger partial charge in [-0.25, -0.2) is 4.98 Å². The molecular formula is C17H12N4O. The molecule has 0 atom stereocenters. The van der Waals surface area contributed by atoms with Gasteiger partial charge in [-0.15, -0.1) is 0 Å². The molecular weight excluding hydrogens is 276 g/mol. The minimum atomic E-state index is -0.130. The number of aromatic amines is 2. The molecule has 5 heteroatoms. The average Bonchev–Trinajstić information content (AvgIpc) is 3.09. The van der Waals surface area contributed by atoms with Gasteiger partial charge in [0.2, 0.25) is 0 Å². The van der Waals surface area contributed by atoms with Crippen LogP contribution in [0.3, 0.4) is 0 Å². The van der Waals surface area contributed by atoms with Crippen LogP contribution < -0.4 is 5.56 Å². The fraction of sp³-hybridized carbons (Fsp3) is 0. The highest BCUT2D eigenvalue weighted by Crippen LogP contribution is 2.23. The molecule has 2 N–H and O–H groups in total. The lowest BCUT2D eigenvalue weighted by molar-refractivity contribution is 1.09. The van der Waals surface area contributed by atoms with Crippen molar-refractivity contribution in [3.63, 3.8) is 0 Å². The Morgan fingerprint density at radius 3 is 2.64 bits per heavy atom. The van der Waals surface area contributed by atoms with E-state index in [4.69, 9.17) is 0 Å². The van der Waals surface area contributed by atoms with Gasteiger partial charge in [-0.3, -0.25) is 9.89 Å². The Hall–Kier alpha value is -3.21. The fourth-order valence-corrected chi connectivity index (χ4v) is 2.48. The van der Waals surface area contributed by atoms with Crippen molar-refractivity contribution in [1.82, 2.24) is 20.2 Å². The second kappa shape index (κ2) is 4.96. The van der Waals surface area contributed by atoms with E-state index in [1.54, 1.807) is 12.3 Å². The second-order valence-corrected chi connectivity index (χ2v) is 5.00. The van der Waals surface area contributed by atoms with E-state index in [0.29, 0.717) is 16.7 Å². The van der Waals surface area contributed by atoms with E-state index in [1.807, 2.05) is 48.7 Å². The quantitative estimate of drug-likeness (QED) is 0.595. The summed E-state index contributed by atoms with van der Waals surface area (Å²) in [5, 5.41) is 7.35. The van der Waals surface area contributed by atoms with Gasteiger partial charge in [0, 0.05) is 17.3 Å². The van der Waals surface area contributed by atoms with Crippen LogP contribution >= 0.6 is 0 Å². The molecule has 0 spiro atoms. The number of H-pyrrole nitrogens is 2. The Labute approximate surface area is 125 Å². The Bertz CT molecular complexity index is 1000. The Morgan fingerprint density at radius 1 is 0.909 bits per heavy atom. The summed E-state index contributed by atoms with van der Waals surface area (Å²) in [6, 6.07) is 15.2. The van der Waals surface area contributed by atoms with Crippen LogP contribution in [0.4, 0.5) is 0 Å². The number of hydrogen-bond donors (Lipinski definition) is 2. The maximum atomic E-state index is 12.2. The van der Waals surface area contributed by atoms with Crippen LogP contribution in [0.25, 0.3) is 33.4 Å². The van der Waals surface area contributed by atoms with Gasteiger partial charge >= 0.3 is 0 Å². The van der Waals surface area contributed by atoms with Crippen molar-refractivity contribution in [2.45, 2.75) is 0 Å². The fourth-order valence-electron chi connectivity index (χ4n) is 2.48. The lowest BCUT2D eigenvalue weighted by Crippen LogP contribution is -2.09. The number of nitrogens with one attached hydrogen (secondary N) is 2. The lowest BCUT2D eigenvalue weighted by atomic mass is 10.1. The molecule has 0 bridgehead atoms. The molecule has 0 aliphatic rings.